The summed E-state index contributed by atoms with van der Waals surface area (Å²) in [6.45, 7) is 6.63. The summed E-state index contributed by atoms with van der Waals surface area (Å²) in [4.78, 5) is 24.2. The molecule has 0 spiro atoms. The third kappa shape index (κ3) is 2.66. The molecule has 5 atom stereocenters. The second-order valence-corrected chi connectivity index (χ2v) is 6.59. The van der Waals surface area contributed by atoms with Crippen LogP contribution in [0.25, 0.3) is 0 Å². The van der Waals surface area contributed by atoms with Crippen LogP contribution in [0.3, 0.4) is 0 Å². The molecule has 2 aliphatic carbocycles. The molecule has 2 aliphatic rings. The largest absolute Gasteiger partial charge is 0.481 e. The standard InChI is InChI=1S/C17H23N3O3/c1-4-20-8-13(10(3)19-20)9(2)18-16(21)14-11-5-6-12(7-11)15(14)17(22)23/h5-6,8-9,11-12,14-15H,4,7H2,1-3H3,(H,18,21)(H,22,23)/t9-,11-,12-,14+,15+/m0/s1. The lowest BCUT2D eigenvalue weighted by atomic mass is 9.82. The molecule has 1 fully saturated rings. The molecule has 1 heterocycles. The summed E-state index contributed by atoms with van der Waals surface area (Å²) < 4.78 is 1.84. The number of allylic oxidation sites excluding steroid dienone is 2. The van der Waals surface area contributed by atoms with Crippen molar-refractivity contribution in [1.29, 1.82) is 0 Å². The van der Waals surface area contributed by atoms with E-state index < -0.39 is 17.8 Å². The van der Waals surface area contributed by atoms with Crippen LogP contribution in [0.5, 0.6) is 0 Å². The van der Waals surface area contributed by atoms with Crippen molar-refractivity contribution in [2.45, 2.75) is 39.8 Å². The average molecular weight is 317 g/mol. The molecule has 0 aliphatic heterocycles. The zero-order chi connectivity index (χ0) is 16.7. The lowest BCUT2D eigenvalue weighted by Crippen LogP contribution is -2.41. The van der Waals surface area contributed by atoms with Crippen LogP contribution in [0.4, 0.5) is 0 Å². The van der Waals surface area contributed by atoms with Crippen LogP contribution in [0.2, 0.25) is 0 Å². The van der Waals surface area contributed by atoms with Crippen molar-refractivity contribution in [1.82, 2.24) is 15.1 Å². The van der Waals surface area contributed by atoms with Gasteiger partial charge in [0.1, 0.15) is 0 Å². The minimum absolute atomic E-state index is 0.00636. The van der Waals surface area contributed by atoms with Crippen molar-refractivity contribution in [3.63, 3.8) is 0 Å². The highest BCUT2D eigenvalue weighted by molar-refractivity contribution is 5.87. The van der Waals surface area contributed by atoms with Crippen molar-refractivity contribution in [3.8, 4) is 0 Å². The van der Waals surface area contributed by atoms with Crippen molar-refractivity contribution in [3.05, 3.63) is 29.6 Å². The number of carboxylic acids is 1. The van der Waals surface area contributed by atoms with Gasteiger partial charge < -0.3 is 10.4 Å². The third-order valence-electron chi connectivity index (χ3n) is 5.18. The van der Waals surface area contributed by atoms with Crippen LogP contribution in [0.15, 0.2) is 18.3 Å². The number of carbonyl (C=O) groups is 2. The second kappa shape index (κ2) is 5.83. The number of aliphatic carboxylic acids is 1. The van der Waals surface area contributed by atoms with Gasteiger partial charge in [-0.3, -0.25) is 14.3 Å². The molecule has 1 aromatic heterocycles. The summed E-state index contributed by atoms with van der Waals surface area (Å²) in [5, 5.41) is 16.9. The minimum atomic E-state index is -0.871. The summed E-state index contributed by atoms with van der Waals surface area (Å²) >= 11 is 0. The molecule has 2 bridgehead atoms. The molecular weight excluding hydrogens is 294 g/mol. The molecular formula is C17H23N3O3. The summed E-state index contributed by atoms with van der Waals surface area (Å²) in [5.41, 5.74) is 1.87. The van der Waals surface area contributed by atoms with E-state index >= 15 is 0 Å². The van der Waals surface area contributed by atoms with Gasteiger partial charge in [-0.2, -0.15) is 5.10 Å². The van der Waals surface area contributed by atoms with Crippen LogP contribution in [0, 0.1) is 30.6 Å². The monoisotopic (exact) mass is 317 g/mol. The van der Waals surface area contributed by atoms with Crippen LogP contribution in [-0.2, 0) is 16.1 Å². The molecule has 1 aromatic rings. The Morgan fingerprint density at radius 1 is 1.39 bits per heavy atom. The van der Waals surface area contributed by atoms with Crippen LogP contribution >= 0.6 is 0 Å². The molecule has 6 nitrogen and oxygen atoms in total. The number of carbonyl (C=O) groups excluding carboxylic acids is 1. The number of carboxylic acid groups (broad SMARTS) is 1. The molecule has 0 saturated heterocycles. The summed E-state index contributed by atoms with van der Waals surface area (Å²) in [7, 11) is 0. The Labute approximate surface area is 135 Å². The quantitative estimate of drug-likeness (QED) is 0.813. The van der Waals surface area contributed by atoms with Crippen LogP contribution in [0.1, 0.15) is 37.6 Å². The Kier molecular flexibility index (Phi) is 4.00. The fourth-order valence-corrected chi connectivity index (χ4v) is 4.02. The SMILES string of the molecule is CCn1cc([C@H](C)NC(=O)[C@H]2[C@H](C(=O)O)[C@H]3C=C[C@H]2C3)c(C)n1. The van der Waals surface area contributed by atoms with Gasteiger partial charge in [0.25, 0.3) is 0 Å². The summed E-state index contributed by atoms with van der Waals surface area (Å²) in [6, 6.07) is -0.180. The Balaban J connectivity index is 1.74. The van der Waals surface area contributed by atoms with Gasteiger partial charge in [0.05, 0.1) is 23.6 Å². The van der Waals surface area contributed by atoms with Crippen molar-refractivity contribution in [2.24, 2.45) is 23.7 Å². The van der Waals surface area contributed by atoms with Crippen molar-refractivity contribution in [2.75, 3.05) is 0 Å². The van der Waals surface area contributed by atoms with E-state index in [9.17, 15) is 14.7 Å². The Morgan fingerprint density at radius 2 is 2.04 bits per heavy atom. The van der Waals surface area contributed by atoms with Gasteiger partial charge in [-0.25, -0.2) is 0 Å². The normalized spacial score (nSPS) is 29.7. The topological polar surface area (TPSA) is 84.2 Å². The number of hydrogen-bond acceptors (Lipinski definition) is 3. The van der Waals surface area contributed by atoms with Gasteiger partial charge in [-0.15, -0.1) is 0 Å². The van der Waals surface area contributed by atoms with Gasteiger partial charge in [0.15, 0.2) is 0 Å². The summed E-state index contributed by atoms with van der Waals surface area (Å²) in [6.07, 6.45) is 6.66. The number of nitrogens with zero attached hydrogens (tertiary/aromatic N) is 2. The van der Waals surface area contributed by atoms with Gasteiger partial charge >= 0.3 is 5.97 Å². The summed E-state index contributed by atoms with van der Waals surface area (Å²) in [5.74, 6) is -2.06. The Hall–Kier alpha value is -2.11. The molecule has 2 N–H and O–H groups in total. The third-order valence-corrected chi connectivity index (χ3v) is 5.18. The first-order valence-electron chi connectivity index (χ1n) is 8.17. The molecule has 0 unspecified atom stereocenters. The zero-order valence-corrected chi connectivity index (χ0v) is 13.7. The van der Waals surface area contributed by atoms with Gasteiger partial charge in [0, 0.05) is 18.3 Å². The lowest BCUT2D eigenvalue weighted by Gasteiger charge is -2.25. The first-order chi connectivity index (χ1) is 10.9. The van der Waals surface area contributed by atoms with Crippen LogP contribution < -0.4 is 5.32 Å². The van der Waals surface area contributed by atoms with E-state index in [4.69, 9.17) is 0 Å². The molecule has 1 saturated carbocycles. The molecule has 23 heavy (non-hydrogen) atoms. The first kappa shape index (κ1) is 15.8. The Morgan fingerprint density at radius 3 is 2.61 bits per heavy atom. The minimum Gasteiger partial charge on any atom is -0.481 e. The van der Waals surface area contributed by atoms with Crippen molar-refractivity contribution >= 4 is 11.9 Å². The molecule has 3 rings (SSSR count). The highest BCUT2D eigenvalue weighted by atomic mass is 16.4. The molecule has 124 valence electrons. The van der Waals surface area contributed by atoms with Crippen molar-refractivity contribution < 1.29 is 14.7 Å². The van der Waals surface area contributed by atoms with Gasteiger partial charge in [-0.05, 0) is 39.0 Å². The maximum atomic E-state index is 12.7. The molecule has 6 heteroatoms. The number of aromatic nitrogens is 2. The highest BCUT2D eigenvalue weighted by Crippen LogP contribution is 2.48. The maximum absolute atomic E-state index is 12.7. The maximum Gasteiger partial charge on any atom is 0.307 e. The van der Waals surface area contributed by atoms with Gasteiger partial charge in [-0.1, -0.05) is 12.2 Å². The second-order valence-electron chi connectivity index (χ2n) is 6.59. The number of nitrogens with one attached hydrogen (secondary N) is 1. The van der Waals surface area contributed by atoms with E-state index in [1.54, 1.807) is 0 Å². The number of aryl methyl sites for hydroxylation is 2. The number of hydrogen-bond donors (Lipinski definition) is 2. The molecule has 1 amide bonds. The zero-order valence-electron chi connectivity index (χ0n) is 13.7. The molecule has 0 radical (unpaired) electrons. The number of amides is 1. The average Bonchev–Trinajstić information content (AvgIpc) is 3.19. The van der Waals surface area contributed by atoms with E-state index in [0.717, 1.165) is 24.2 Å². The van der Waals surface area contributed by atoms with E-state index in [1.807, 2.05) is 43.8 Å². The lowest BCUT2D eigenvalue weighted by molar-refractivity contribution is -0.148. The predicted molar refractivity (Wildman–Crippen MR) is 84.5 cm³/mol. The smallest absolute Gasteiger partial charge is 0.307 e. The van der Waals surface area contributed by atoms with E-state index in [1.165, 1.54) is 0 Å². The first-order valence-corrected chi connectivity index (χ1v) is 8.17. The number of rotatable bonds is 5. The fourth-order valence-electron chi connectivity index (χ4n) is 4.02. The van der Waals surface area contributed by atoms with Crippen LogP contribution in [-0.4, -0.2) is 26.8 Å². The van der Waals surface area contributed by atoms with E-state index in [-0.39, 0.29) is 23.8 Å². The Bertz CT molecular complexity index is 664. The molecule has 0 aromatic carbocycles. The predicted octanol–water partition coefficient (Wildman–Crippen LogP) is 1.91. The highest BCUT2D eigenvalue weighted by Gasteiger charge is 2.51. The van der Waals surface area contributed by atoms with E-state index in [0.29, 0.717) is 0 Å². The fraction of sp³-hybridized carbons (Fsp3) is 0.588. The number of fused-ring (bicyclic) bond motifs is 2. The van der Waals surface area contributed by atoms with Gasteiger partial charge in [0.2, 0.25) is 5.91 Å². The van der Waals surface area contributed by atoms with E-state index in [2.05, 4.69) is 10.4 Å².